The molecule has 1 aromatic rings. The number of amides is 2. The topological polar surface area (TPSA) is 59.1 Å². The van der Waals surface area contributed by atoms with Crippen LogP contribution >= 0.6 is 0 Å². The van der Waals surface area contributed by atoms with Gasteiger partial charge in [-0.05, 0) is 31.4 Å². The molecule has 0 spiro atoms. The Morgan fingerprint density at radius 3 is 2.35 bits per heavy atom. The number of allylic oxidation sites excluding steroid dienone is 2. The third-order valence-electron chi connectivity index (χ3n) is 5.14. The zero-order valence-electron chi connectivity index (χ0n) is 15.4. The third-order valence-corrected chi connectivity index (χ3v) is 5.14. The van der Waals surface area contributed by atoms with Gasteiger partial charge in [0.05, 0.1) is 19.8 Å². The molecule has 1 aliphatic heterocycles. The van der Waals surface area contributed by atoms with Crippen molar-refractivity contribution >= 4 is 11.8 Å². The molecule has 26 heavy (non-hydrogen) atoms. The highest BCUT2D eigenvalue weighted by Gasteiger charge is 2.30. The number of piperazine rings is 1. The summed E-state index contributed by atoms with van der Waals surface area (Å²) < 4.78 is 10.5. The predicted molar refractivity (Wildman–Crippen MR) is 98.5 cm³/mol. The summed E-state index contributed by atoms with van der Waals surface area (Å²) in [5.74, 6) is 1.40. The van der Waals surface area contributed by atoms with Gasteiger partial charge < -0.3 is 19.3 Å². The van der Waals surface area contributed by atoms with E-state index < -0.39 is 0 Å². The Morgan fingerprint density at radius 2 is 1.73 bits per heavy atom. The molecule has 1 fully saturated rings. The lowest BCUT2D eigenvalue weighted by atomic mass is 9.93. The zero-order valence-corrected chi connectivity index (χ0v) is 15.4. The number of carbonyl (C=O) groups is 2. The van der Waals surface area contributed by atoms with Crippen molar-refractivity contribution in [1.29, 1.82) is 0 Å². The quantitative estimate of drug-likeness (QED) is 0.775. The summed E-state index contributed by atoms with van der Waals surface area (Å²) in [6.45, 7) is 2.26. The maximum Gasteiger partial charge on any atom is 0.257 e. The molecule has 1 saturated heterocycles. The molecule has 0 radical (unpaired) electrons. The SMILES string of the molecule is COc1ccc(C(=O)N2CCN(C(=O)C3CC=CCC3)CC2)c(OC)c1. The Hall–Kier alpha value is -2.50. The fourth-order valence-electron chi connectivity index (χ4n) is 3.55. The standard InChI is InChI=1S/C20H26N2O4/c1-25-16-8-9-17(18(14-16)26-2)20(24)22-12-10-21(11-13-22)19(23)15-6-4-3-5-7-15/h3-4,8-9,14-15H,5-7,10-13H2,1-2H3. The fraction of sp³-hybridized carbons (Fsp3) is 0.500. The van der Waals surface area contributed by atoms with Gasteiger partial charge in [-0.1, -0.05) is 12.2 Å². The second kappa shape index (κ2) is 8.25. The number of hydrogen-bond donors (Lipinski definition) is 0. The summed E-state index contributed by atoms with van der Waals surface area (Å²) in [4.78, 5) is 29.2. The van der Waals surface area contributed by atoms with E-state index in [0.717, 1.165) is 19.3 Å². The Labute approximate surface area is 154 Å². The second-order valence-corrected chi connectivity index (χ2v) is 6.67. The van der Waals surface area contributed by atoms with Crippen molar-refractivity contribution in [3.8, 4) is 11.5 Å². The Kier molecular flexibility index (Phi) is 5.81. The van der Waals surface area contributed by atoms with E-state index >= 15 is 0 Å². The Morgan fingerprint density at radius 1 is 1.00 bits per heavy atom. The van der Waals surface area contributed by atoms with Crippen LogP contribution in [0.4, 0.5) is 0 Å². The summed E-state index contributed by atoms with van der Waals surface area (Å²) >= 11 is 0. The molecule has 2 aliphatic rings. The lowest BCUT2D eigenvalue weighted by Crippen LogP contribution is -2.52. The highest BCUT2D eigenvalue weighted by Crippen LogP contribution is 2.26. The van der Waals surface area contributed by atoms with Crippen LogP contribution in [0.25, 0.3) is 0 Å². The van der Waals surface area contributed by atoms with Crippen molar-refractivity contribution < 1.29 is 19.1 Å². The van der Waals surface area contributed by atoms with E-state index in [9.17, 15) is 9.59 Å². The first-order valence-electron chi connectivity index (χ1n) is 9.09. The molecule has 1 heterocycles. The lowest BCUT2D eigenvalue weighted by molar-refractivity contribution is -0.137. The van der Waals surface area contributed by atoms with Crippen molar-refractivity contribution in [2.45, 2.75) is 19.3 Å². The number of rotatable bonds is 4. The van der Waals surface area contributed by atoms with Gasteiger partial charge in [0.1, 0.15) is 11.5 Å². The van der Waals surface area contributed by atoms with Gasteiger partial charge >= 0.3 is 0 Å². The van der Waals surface area contributed by atoms with E-state index in [1.54, 1.807) is 37.3 Å². The summed E-state index contributed by atoms with van der Waals surface area (Å²) in [6, 6.07) is 5.20. The summed E-state index contributed by atoms with van der Waals surface area (Å²) in [5.41, 5.74) is 0.519. The molecule has 0 N–H and O–H groups in total. The van der Waals surface area contributed by atoms with Crippen LogP contribution in [0.1, 0.15) is 29.6 Å². The molecule has 1 aliphatic carbocycles. The molecular weight excluding hydrogens is 332 g/mol. The van der Waals surface area contributed by atoms with Crippen LogP contribution in [0.3, 0.4) is 0 Å². The van der Waals surface area contributed by atoms with E-state index in [-0.39, 0.29) is 17.7 Å². The smallest absolute Gasteiger partial charge is 0.257 e. The molecule has 1 unspecified atom stereocenters. The average Bonchev–Trinajstić information content (AvgIpc) is 2.73. The Bertz CT molecular complexity index is 693. The van der Waals surface area contributed by atoms with Gasteiger partial charge in [0.15, 0.2) is 0 Å². The highest BCUT2D eigenvalue weighted by molar-refractivity contribution is 5.97. The van der Waals surface area contributed by atoms with Crippen molar-refractivity contribution in [3.05, 3.63) is 35.9 Å². The Balaban J connectivity index is 1.62. The largest absolute Gasteiger partial charge is 0.497 e. The van der Waals surface area contributed by atoms with Crippen LogP contribution < -0.4 is 9.47 Å². The van der Waals surface area contributed by atoms with E-state index in [1.165, 1.54) is 0 Å². The lowest BCUT2D eigenvalue weighted by Gasteiger charge is -2.37. The summed E-state index contributed by atoms with van der Waals surface area (Å²) in [7, 11) is 3.12. The number of methoxy groups -OCH3 is 2. The number of hydrogen-bond acceptors (Lipinski definition) is 4. The van der Waals surface area contributed by atoms with Crippen molar-refractivity contribution in [1.82, 2.24) is 9.80 Å². The molecule has 2 amide bonds. The van der Waals surface area contributed by atoms with Crippen molar-refractivity contribution in [3.63, 3.8) is 0 Å². The van der Waals surface area contributed by atoms with Crippen LogP contribution in [0.15, 0.2) is 30.4 Å². The minimum atomic E-state index is -0.0720. The number of ether oxygens (including phenoxy) is 2. The minimum Gasteiger partial charge on any atom is -0.497 e. The predicted octanol–water partition coefficient (Wildman–Crippen LogP) is 2.34. The van der Waals surface area contributed by atoms with Gasteiger partial charge in [-0.2, -0.15) is 0 Å². The first-order chi connectivity index (χ1) is 12.6. The van der Waals surface area contributed by atoms with Gasteiger partial charge in [0.2, 0.25) is 5.91 Å². The average molecular weight is 358 g/mol. The third kappa shape index (κ3) is 3.84. The molecule has 3 rings (SSSR count). The first kappa shape index (κ1) is 18.3. The van der Waals surface area contributed by atoms with E-state index in [1.807, 2.05) is 4.90 Å². The normalized spacial score (nSPS) is 20.0. The monoisotopic (exact) mass is 358 g/mol. The molecule has 0 bridgehead atoms. The summed E-state index contributed by atoms with van der Waals surface area (Å²) in [5, 5.41) is 0. The van der Waals surface area contributed by atoms with E-state index in [0.29, 0.717) is 43.2 Å². The molecule has 0 saturated carbocycles. The van der Waals surface area contributed by atoms with Crippen LogP contribution in [0.2, 0.25) is 0 Å². The zero-order chi connectivity index (χ0) is 18.5. The molecular formula is C20H26N2O4. The first-order valence-corrected chi connectivity index (χ1v) is 9.09. The molecule has 140 valence electrons. The van der Waals surface area contributed by atoms with E-state index in [2.05, 4.69) is 12.2 Å². The van der Waals surface area contributed by atoms with Gasteiger partial charge in [0.25, 0.3) is 5.91 Å². The van der Waals surface area contributed by atoms with Crippen LogP contribution in [-0.4, -0.2) is 62.0 Å². The molecule has 1 atom stereocenters. The molecule has 6 heteroatoms. The van der Waals surface area contributed by atoms with Gasteiger partial charge in [0, 0.05) is 38.2 Å². The fourth-order valence-corrected chi connectivity index (χ4v) is 3.55. The summed E-state index contributed by atoms with van der Waals surface area (Å²) in [6.07, 6.45) is 6.98. The van der Waals surface area contributed by atoms with Crippen molar-refractivity contribution in [2.75, 3.05) is 40.4 Å². The minimum absolute atomic E-state index is 0.0720. The maximum absolute atomic E-state index is 12.8. The molecule has 6 nitrogen and oxygen atoms in total. The van der Waals surface area contributed by atoms with Crippen LogP contribution in [0, 0.1) is 5.92 Å². The highest BCUT2D eigenvalue weighted by atomic mass is 16.5. The van der Waals surface area contributed by atoms with Gasteiger partial charge in [-0.15, -0.1) is 0 Å². The second-order valence-electron chi connectivity index (χ2n) is 6.67. The van der Waals surface area contributed by atoms with Crippen LogP contribution in [0.5, 0.6) is 11.5 Å². The van der Waals surface area contributed by atoms with Crippen molar-refractivity contribution in [2.24, 2.45) is 5.92 Å². The molecule has 1 aromatic carbocycles. The van der Waals surface area contributed by atoms with Crippen LogP contribution in [-0.2, 0) is 4.79 Å². The number of carbonyl (C=O) groups excluding carboxylic acids is 2. The van der Waals surface area contributed by atoms with E-state index in [4.69, 9.17) is 9.47 Å². The van der Waals surface area contributed by atoms with Gasteiger partial charge in [-0.3, -0.25) is 9.59 Å². The number of nitrogens with zero attached hydrogens (tertiary/aromatic N) is 2. The number of benzene rings is 1. The molecule has 0 aromatic heterocycles. The maximum atomic E-state index is 12.8. The van der Waals surface area contributed by atoms with Gasteiger partial charge in [-0.25, -0.2) is 0 Å².